The Morgan fingerprint density at radius 1 is 1.30 bits per heavy atom. The molecule has 0 saturated heterocycles. The monoisotopic (exact) mass is 430 g/mol. The Morgan fingerprint density at radius 3 is 2.73 bits per heavy atom. The van der Waals surface area contributed by atoms with Gasteiger partial charge in [0.2, 0.25) is 0 Å². The molecule has 9 nitrogen and oxygen atoms in total. The van der Waals surface area contributed by atoms with Crippen LogP contribution in [0.2, 0.25) is 0 Å². The molecule has 3 heterocycles. The van der Waals surface area contributed by atoms with Gasteiger partial charge < -0.3 is 10.1 Å². The molecule has 0 fully saturated rings. The SMILES string of the molecule is C[C@H](C(=O)O)N(O)S(=O)(=O)N1CCc2c([nH]c3ccccc23)C1Cc1ccccn1. The number of hydrogen-bond acceptors (Lipinski definition) is 5. The van der Waals surface area contributed by atoms with E-state index in [1.807, 2.05) is 30.3 Å². The number of pyridine rings is 1. The van der Waals surface area contributed by atoms with Gasteiger partial charge in [-0.2, -0.15) is 12.7 Å². The lowest BCUT2D eigenvalue weighted by molar-refractivity contribution is -0.150. The van der Waals surface area contributed by atoms with Gasteiger partial charge in [0.15, 0.2) is 0 Å². The van der Waals surface area contributed by atoms with Crippen LogP contribution >= 0.6 is 0 Å². The quantitative estimate of drug-likeness (QED) is 0.514. The van der Waals surface area contributed by atoms with Crippen LogP contribution in [-0.4, -0.2) is 56.0 Å². The summed E-state index contributed by atoms with van der Waals surface area (Å²) in [5, 5.41) is 20.4. The van der Waals surface area contributed by atoms with Crippen molar-refractivity contribution in [3.05, 3.63) is 65.6 Å². The number of nitrogens with one attached hydrogen (secondary N) is 1. The maximum absolute atomic E-state index is 13.2. The predicted octanol–water partition coefficient (Wildman–Crippen LogP) is 2.11. The number of hydroxylamine groups is 1. The number of H-pyrrole nitrogens is 1. The van der Waals surface area contributed by atoms with E-state index in [0.717, 1.165) is 33.4 Å². The first kappa shape index (κ1) is 20.5. The second-order valence-electron chi connectivity index (χ2n) is 7.26. The highest BCUT2D eigenvalue weighted by Gasteiger charge is 2.43. The maximum Gasteiger partial charge on any atom is 0.324 e. The molecule has 10 heteroatoms. The normalized spacial score (nSPS) is 18.4. The van der Waals surface area contributed by atoms with Crippen molar-refractivity contribution < 1.29 is 23.5 Å². The van der Waals surface area contributed by atoms with Crippen LogP contribution in [0, 0.1) is 0 Å². The first-order valence-corrected chi connectivity index (χ1v) is 10.9. The van der Waals surface area contributed by atoms with E-state index in [4.69, 9.17) is 5.11 Å². The lowest BCUT2D eigenvalue weighted by Gasteiger charge is -2.37. The predicted molar refractivity (Wildman–Crippen MR) is 109 cm³/mol. The molecule has 158 valence electrons. The first-order chi connectivity index (χ1) is 14.3. The Morgan fingerprint density at radius 2 is 2.03 bits per heavy atom. The fourth-order valence-corrected chi connectivity index (χ4v) is 5.42. The van der Waals surface area contributed by atoms with Gasteiger partial charge >= 0.3 is 16.2 Å². The third kappa shape index (κ3) is 3.47. The van der Waals surface area contributed by atoms with Gasteiger partial charge in [0.05, 0.1) is 6.04 Å². The molecule has 0 radical (unpaired) electrons. The maximum atomic E-state index is 13.2. The van der Waals surface area contributed by atoms with Crippen molar-refractivity contribution in [2.45, 2.75) is 31.8 Å². The standard InChI is InChI=1S/C20H22N4O5S/c1-13(20(25)26)24(27)30(28,29)23-11-9-16-15-7-2-3-8-17(15)22-19(16)18(23)12-14-6-4-5-10-21-14/h2-8,10,13,18,22,27H,9,11-12H2,1H3,(H,25,26)/t13-,18?/m1/s1. The minimum atomic E-state index is -4.46. The van der Waals surface area contributed by atoms with Crippen LogP contribution in [0.4, 0.5) is 0 Å². The topological polar surface area (TPSA) is 127 Å². The molecule has 1 aliphatic rings. The van der Waals surface area contributed by atoms with Gasteiger partial charge in [0, 0.05) is 41.5 Å². The van der Waals surface area contributed by atoms with Crippen LogP contribution in [0.15, 0.2) is 48.7 Å². The summed E-state index contributed by atoms with van der Waals surface area (Å²) < 4.78 is 27.4. The third-order valence-corrected chi connectivity index (χ3v) is 7.28. The number of carboxylic acid groups (broad SMARTS) is 1. The zero-order valence-electron chi connectivity index (χ0n) is 16.3. The number of fused-ring (bicyclic) bond motifs is 3. The molecular formula is C20H22N4O5S. The van der Waals surface area contributed by atoms with Crippen LogP contribution < -0.4 is 0 Å². The average Bonchev–Trinajstić information content (AvgIpc) is 3.12. The summed E-state index contributed by atoms with van der Waals surface area (Å²) >= 11 is 0. The van der Waals surface area contributed by atoms with Crippen LogP contribution in [0.5, 0.6) is 0 Å². The molecule has 2 aromatic heterocycles. The Labute approximate surface area is 173 Å². The van der Waals surface area contributed by atoms with Crippen molar-refractivity contribution in [2.24, 2.45) is 0 Å². The molecule has 2 atom stereocenters. The number of carboxylic acids is 1. The van der Waals surface area contributed by atoms with Crippen molar-refractivity contribution >= 4 is 27.1 Å². The summed E-state index contributed by atoms with van der Waals surface area (Å²) in [5.41, 5.74) is 3.33. The van der Waals surface area contributed by atoms with Gasteiger partial charge in [0.1, 0.15) is 6.04 Å². The number of hydrogen-bond donors (Lipinski definition) is 3. The van der Waals surface area contributed by atoms with Crippen LogP contribution in [0.3, 0.4) is 0 Å². The van der Waals surface area contributed by atoms with Gasteiger partial charge in [0.25, 0.3) is 0 Å². The van der Waals surface area contributed by atoms with Crippen molar-refractivity contribution in [3.8, 4) is 0 Å². The summed E-state index contributed by atoms with van der Waals surface area (Å²) in [4.78, 5) is 18.9. The molecular weight excluding hydrogens is 408 g/mol. The van der Waals surface area contributed by atoms with Gasteiger partial charge in [-0.15, -0.1) is 0 Å². The molecule has 3 aromatic rings. The summed E-state index contributed by atoms with van der Waals surface area (Å²) in [6, 6.07) is 10.9. The highest BCUT2D eigenvalue weighted by atomic mass is 32.2. The van der Waals surface area contributed by atoms with E-state index in [-0.39, 0.29) is 17.4 Å². The molecule has 0 saturated carbocycles. The molecule has 4 rings (SSSR count). The van der Waals surface area contributed by atoms with Gasteiger partial charge in [-0.25, -0.2) is 0 Å². The average molecular weight is 430 g/mol. The number of carbonyl (C=O) groups is 1. The van der Waals surface area contributed by atoms with Crippen LogP contribution in [0.1, 0.15) is 29.9 Å². The number of aromatic amines is 1. The summed E-state index contributed by atoms with van der Waals surface area (Å²) in [6.45, 7) is 1.23. The molecule has 3 N–H and O–H groups in total. The Hall–Kier alpha value is -2.79. The highest BCUT2D eigenvalue weighted by Crippen LogP contribution is 2.38. The van der Waals surface area contributed by atoms with Gasteiger partial charge in [-0.3, -0.25) is 15.0 Å². The van der Waals surface area contributed by atoms with Gasteiger partial charge in [-0.05, 0) is 37.1 Å². The van der Waals surface area contributed by atoms with Crippen molar-refractivity contribution in [2.75, 3.05) is 6.54 Å². The number of rotatable bonds is 6. The smallest absolute Gasteiger partial charge is 0.324 e. The van der Waals surface area contributed by atoms with Crippen molar-refractivity contribution in [1.29, 1.82) is 0 Å². The van der Waals surface area contributed by atoms with Crippen LogP contribution in [0.25, 0.3) is 10.9 Å². The second kappa shape index (κ2) is 7.80. The highest BCUT2D eigenvalue weighted by molar-refractivity contribution is 7.86. The number of nitrogens with zero attached hydrogens (tertiary/aromatic N) is 3. The van der Waals surface area contributed by atoms with E-state index < -0.39 is 28.3 Å². The van der Waals surface area contributed by atoms with Gasteiger partial charge in [-0.1, -0.05) is 28.7 Å². The molecule has 0 spiro atoms. The van der Waals surface area contributed by atoms with E-state index in [0.29, 0.717) is 12.1 Å². The molecule has 0 amide bonds. The molecule has 0 bridgehead atoms. The minimum absolute atomic E-state index is 0.0750. The molecule has 30 heavy (non-hydrogen) atoms. The fraction of sp³-hybridized carbons (Fsp3) is 0.300. The van der Waals surface area contributed by atoms with E-state index >= 15 is 0 Å². The van der Waals surface area contributed by atoms with Crippen LogP contribution in [-0.2, 0) is 27.8 Å². The fourth-order valence-electron chi connectivity index (χ4n) is 3.90. The number of aliphatic carboxylic acids is 1. The summed E-state index contributed by atoms with van der Waals surface area (Å²) in [7, 11) is -4.46. The molecule has 0 aliphatic carbocycles. The zero-order chi connectivity index (χ0) is 21.5. The van der Waals surface area contributed by atoms with E-state index in [2.05, 4.69) is 9.97 Å². The summed E-state index contributed by atoms with van der Waals surface area (Å²) in [5.74, 6) is -1.44. The Bertz CT molecular complexity index is 1180. The zero-order valence-corrected chi connectivity index (χ0v) is 17.1. The lowest BCUT2D eigenvalue weighted by Crippen LogP contribution is -2.51. The lowest BCUT2D eigenvalue weighted by atomic mass is 9.96. The first-order valence-electron chi connectivity index (χ1n) is 9.53. The third-order valence-electron chi connectivity index (χ3n) is 5.46. The van der Waals surface area contributed by atoms with E-state index in [9.17, 15) is 18.4 Å². The summed E-state index contributed by atoms with van der Waals surface area (Å²) in [6.07, 6.45) is 2.34. The second-order valence-corrected chi connectivity index (χ2v) is 9.00. The van der Waals surface area contributed by atoms with E-state index in [1.165, 1.54) is 0 Å². The number of benzene rings is 1. The molecule has 1 aliphatic heterocycles. The number of aromatic nitrogens is 2. The van der Waals surface area contributed by atoms with E-state index in [1.54, 1.807) is 18.3 Å². The Balaban J connectivity index is 1.81. The largest absolute Gasteiger partial charge is 0.480 e. The van der Waals surface area contributed by atoms with Crippen molar-refractivity contribution in [3.63, 3.8) is 0 Å². The number of para-hydroxylation sites is 1. The molecule has 1 unspecified atom stereocenters. The molecule has 1 aromatic carbocycles. The Kier molecular flexibility index (Phi) is 5.33. The van der Waals surface area contributed by atoms with Crippen molar-refractivity contribution in [1.82, 2.24) is 18.7 Å². The minimum Gasteiger partial charge on any atom is -0.480 e.